The second kappa shape index (κ2) is 4.33. The van der Waals surface area contributed by atoms with E-state index in [1.165, 1.54) is 17.4 Å². The van der Waals surface area contributed by atoms with Gasteiger partial charge in [-0.1, -0.05) is 6.07 Å². The number of fused-ring (bicyclic) bond motifs is 1. The number of aliphatic hydroxyl groups is 1. The number of hydrogen-bond donors (Lipinski definition) is 1. The Morgan fingerprint density at radius 2 is 2.33 bits per heavy atom. The van der Waals surface area contributed by atoms with Crippen LogP contribution in [0.4, 0.5) is 15.2 Å². The molecule has 0 bridgehead atoms. The van der Waals surface area contributed by atoms with Crippen molar-refractivity contribution in [2.24, 2.45) is 0 Å². The second-order valence-corrected chi connectivity index (χ2v) is 5.24. The predicted molar refractivity (Wildman–Crippen MR) is 69.9 cm³/mol. The highest BCUT2D eigenvalue weighted by atomic mass is 32.1. The Hall–Kier alpha value is -1.46. The number of hydrogen-bond acceptors (Lipinski definition) is 4. The van der Waals surface area contributed by atoms with Gasteiger partial charge in [0.15, 0.2) is 5.13 Å². The minimum absolute atomic E-state index is 0.229. The molecule has 0 saturated heterocycles. The maximum atomic E-state index is 13.3. The monoisotopic (exact) mass is 264 g/mol. The first-order valence-electron chi connectivity index (χ1n) is 5.84. The van der Waals surface area contributed by atoms with E-state index in [1.807, 2.05) is 16.3 Å². The Labute approximate surface area is 109 Å². The molecule has 1 N–H and O–H groups in total. The van der Waals surface area contributed by atoms with Crippen molar-refractivity contribution < 1.29 is 9.50 Å². The van der Waals surface area contributed by atoms with Crippen LogP contribution in [0.3, 0.4) is 0 Å². The quantitative estimate of drug-likeness (QED) is 0.905. The van der Waals surface area contributed by atoms with Crippen LogP contribution < -0.4 is 4.90 Å². The Morgan fingerprint density at radius 3 is 3.06 bits per heavy atom. The normalized spacial score (nSPS) is 15.8. The van der Waals surface area contributed by atoms with Crippen LogP contribution in [0.2, 0.25) is 0 Å². The van der Waals surface area contributed by atoms with Crippen molar-refractivity contribution in [3.63, 3.8) is 0 Å². The van der Waals surface area contributed by atoms with Crippen LogP contribution in [0.15, 0.2) is 23.6 Å². The Bertz CT molecular complexity index is 582. The maximum Gasteiger partial charge on any atom is 0.190 e. The summed E-state index contributed by atoms with van der Waals surface area (Å²) in [5.41, 5.74) is 2.70. The highest BCUT2D eigenvalue weighted by molar-refractivity contribution is 7.13. The minimum atomic E-state index is -0.565. The van der Waals surface area contributed by atoms with Crippen LogP contribution in [-0.2, 0) is 6.42 Å². The molecular weight excluding hydrogens is 251 g/mol. The zero-order chi connectivity index (χ0) is 12.7. The fourth-order valence-electron chi connectivity index (χ4n) is 2.14. The summed E-state index contributed by atoms with van der Waals surface area (Å²) in [7, 11) is 0. The number of rotatable bonds is 2. The largest absolute Gasteiger partial charge is 0.387 e. The third kappa shape index (κ3) is 1.89. The van der Waals surface area contributed by atoms with Gasteiger partial charge in [-0.05, 0) is 31.0 Å². The van der Waals surface area contributed by atoms with Crippen LogP contribution in [-0.4, -0.2) is 16.6 Å². The van der Waals surface area contributed by atoms with Crippen molar-refractivity contribution >= 4 is 22.2 Å². The average molecular weight is 264 g/mol. The molecule has 1 aromatic carbocycles. The lowest BCUT2D eigenvalue weighted by atomic mass is 10.2. The van der Waals surface area contributed by atoms with Gasteiger partial charge in [0, 0.05) is 17.6 Å². The van der Waals surface area contributed by atoms with Gasteiger partial charge in [0.2, 0.25) is 0 Å². The van der Waals surface area contributed by atoms with Crippen LogP contribution >= 0.6 is 11.3 Å². The molecule has 3 rings (SSSR count). The summed E-state index contributed by atoms with van der Waals surface area (Å²) in [6.07, 6.45) is 0.337. The van der Waals surface area contributed by atoms with Crippen LogP contribution in [0.25, 0.3) is 0 Å². The molecule has 2 heterocycles. The summed E-state index contributed by atoms with van der Waals surface area (Å²) in [6.45, 7) is 2.50. The molecule has 1 unspecified atom stereocenters. The van der Waals surface area contributed by atoms with Crippen molar-refractivity contribution in [3.05, 3.63) is 40.7 Å². The molecule has 1 aliphatic rings. The Balaban J connectivity index is 1.97. The van der Waals surface area contributed by atoms with E-state index in [0.717, 1.165) is 29.3 Å². The Kier molecular flexibility index (Phi) is 2.80. The van der Waals surface area contributed by atoms with Gasteiger partial charge in [0.25, 0.3) is 0 Å². The van der Waals surface area contributed by atoms with E-state index >= 15 is 0 Å². The van der Waals surface area contributed by atoms with Gasteiger partial charge >= 0.3 is 0 Å². The molecule has 0 fully saturated rings. The third-order valence-electron chi connectivity index (χ3n) is 3.11. The van der Waals surface area contributed by atoms with Gasteiger partial charge < -0.3 is 10.0 Å². The molecular formula is C13H13FN2OS. The van der Waals surface area contributed by atoms with Crippen molar-refractivity contribution in [3.8, 4) is 0 Å². The van der Waals surface area contributed by atoms with E-state index < -0.39 is 6.10 Å². The van der Waals surface area contributed by atoms with Crippen molar-refractivity contribution in [1.82, 2.24) is 4.98 Å². The van der Waals surface area contributed by atoms with Crippen LogP contribution in [0.1, 0.15) is 24.3 Å². The van der Waals surface area contributed by atoms with Gasteiger partial charge in [-0.2, -0.15) is 0 Å². The van der Waals surface area contributed by atoms with Crippen LogP contribution in [0, 0.1) is 5.82 Å². The first-order valence-corrected chi connectivity index (χ1v) is 6.72. The summed E-state index contributed by atoms with van der Waals surface area (Å²) < 4.78 is 13.3. The minimum Gasteiger partial charge on any atom is -0.387 e. The standard InChI is InChI=1S/C13H13FN2OS/c1-8(17)11-7-18-13(15-11)16-5-4-9-2-3-10(14)6-12(9)16/h2-3,6-8,17H,4-5H2,1H3. The highest BCUT2D eigenvalue weighted by Crippen LogP contribution is 2.37. The van der Waals surface area contributed by atoms with Gasteiger partial charge in [0.05, 0.1) is 11.8 Å². The van der Waals surface area contributed by atoms with E-state index in [4.69, 9.17) is 0 Å². The van der Waals surface area contributed by atoms with E-state index in [2.05, 4.69) is 4.98 Å². The molecule has 1 atom stereocenters. The molecule has 94 valence electrons. The number of nitrogens with zero attached hydrogens (tertiary/aromatic N) is 2. The smallest absolute Gasteiger partial charge is 0.190 e. The first-order chi connectivity index (χ1) is 8.65. The second-order valence-electron chi connectivity index (χ2n) is 4.41. The molecule has 2 aromatic rings. The van der Waals surface area contributed by atoms with E-state index in [9.17, 15) is 9.50 Å². The summed E-state index contributed by atoms with van der Waals surface area (Å²) in [5, 5.41) is 12.1. The molecule has 0 spiro atoms. The zero-order valence-corrected chi connectivity index (χ0v) is 10.7. The number of benzene rings is 1. The van der Waals surface area contributed by atoms with Gasteiger partial charge in [0.1, 0.15) is 5.82 Å². The summed E-state index contributed by atoms with van der Waals surface area (Å²) in [6, 6.07) is 4.87. The van der Waals surface area contributed by atoms with E-state index in [0.29, 0.717) is 5.69 Å². The van der Waals surface area contributed by atoms with Crippen LogP contribution in [0.5, 0.6) is 0 Å². The maximum absolute atomic E-state index is 13.3. The van der Waals surface area contributed by atoms with Gasteiger partial charge in [-0.15, -0.1) is 11.3 Å². The van der Waals surface area contributed by atoms with Gasteiger partial charge in [-0.25, -0.2) is 9.37 Å². The molecule has 1 aliphatic heterocycles. The molecule has 5 heteroatoms. The first kappa shape index (κ1) is 11.6. The number of thiazole rings is 1. The molecule has 18 heavy (non-hydrogen) atoms. The average Bonchev–Trinajstić information content (AvgIpc) is 2.93. The molecule has 3 nitrogen and oxygen atoms in total. The summed E-state index contributed by atoms with van der Waals surface area (Å²) >= 11 is 1.48. The van der Waals surface area contributed by atoms with E-state index in [1.54, 1.807) is 13.0 Å². The zero-order valence-electron chi connectivity index (χ0n) is 9.93. The van der Waals surface area contributed by atoms with E-state index in [-0.39, 0.29) is 5.82 Å². The summed E-state index contributed by atoms with van der Waals surface area (Å²) in [5.74, 6) is -0.229. The Morgan fingerprint density at radius 1 is 1.50 bits per heavy atom. The summed E-state index contributed by atoms with van der Waals surface area (Å²) in [4.78, 5) is 6.40. The number of aliphatic hydroxyl groups excluding tert-OH is 1. The predicted octanol–water partition coefficient (Wildman–Crippen LogP) is 3.03. The van der Waals surface area contributed by atoms with Gasteiger partial charge in [-0.3, -0.25) is 0 Å². The fraction of sp³-hybridized carbons (Fsp3) is 0.308. The molecule has 0 radical (unpaired) electrons. The topological polar surface area (TPSA) is 36.4 Å². The lowest BCUT2D eigenvalue weighted by Crippen LogP contribution is -2.13. The fourth-order valence-corrected chi connectivity index (χ4v) is 3.09. The van der Waals surface area contributed by atoms with Crippen molar-refractivity contribution in [2.75, 3.05) is 11.4 Å². The van der Waals surface area contributed by atoms with Crippen molar-refractivity contribution in [2.45, 2.75) is 19.4 Å². The molecule has 0 aliphatic carbocycles. The molecule has 1 aromatic heterocycles. The lowest BCUT2D eigenvalue weighted by molar-refractivity contribution is 0.195. The number of anilines is 2. The third-order valence-corrected chi connectivity index (χ3v) is 3.99. The van der Waals surface area contributed by atoms with Crippen molar-refractivity contribution in [1.29, 1.82) is 0 Å². The molecule has 0 amide bonds. The number of aromatic nitrogens is 1. The lowest BCUT2D eigenvalue weighted by Gasteiger charge is -2.15. The molecule has 0 saturated carbocycles. The number of halogens is 1. The highest BCUT2D eigenvalue weighted by Gasteiger charge is 2.23. The SMILES string of the molecule is CC(O)c1csc(N2CCc3ccc(F)cc32)n1.